The molecule has 0 aromatic carbocycles. The van der Waals surface area contributed by atoms with Crippen LogP contribution in [0.4, 0.5) is 5.69 Å². The molecule has 0 radical (unpaired) electrons. The molecule has 3 heterocycles. The van der Waals surface area contributed by atoms with Crippen LogP contribution in [0.5, 0.6) is 0 Å². The van der Waals surface area contributed by atoms with Crippen molar-refractivity contribution in [3.05, 3.63) is 36.5 Å². The van der Waals surface area contributed by atoms with Gasteiger partial charge in [0.25, 0.3) is 0 Å². The van der Waals surface area contributed by atoms with Gasteiger partial charge >= 0.3 is 0 Å². The zero-order valence-corrected chi connectivity index (χ0v) is 10.5. The summed E-state index contributed by atoms with van der Waals surface area (Å²) in [7, 11) is 0. The first kappa shape index (κ1) is 11.1. The number of anilines is 1. The maximum absolute atomic E-state index is 5.50. The standard InChI is InChI=1S/C13H16N4O/c1-3-9(2)12-8-17(16-18-12)11-5-7-15-13-10(11)4-6-14-13/h4-9,16H,3H2,1-2H3,(H,14,15). The number of nitrogens with one attached hydrogen (secondary N) is 2. The van der Waals surface area contributed by atoms with Crippen molar-refractivity contribution in [2.75, 3.05) is 5.01 Å². The van der Waals surface area contributed by atoms with Gasteiger partial charge in [-0.05, 0) is 18.6 Å². The predicted octanol–water partition coefficient (Wildman–Crippen LogP) is 2.71. The summed E-state index contributed by atoms with van der Waals surface area (Å²) in [5, 5.41) is 2.95. The average molecular weight is 244 g/mol. The molecule has 0 saturated heterocycles. The van der Waals surface area contributed by atoms with Crippen LogP contribution in [0.3, 0.4) is 0 Å². The van der Waals surface area contributed by atoms with Gasteiger partial charge in [0.2, 0.25) is 0 Å². The van der Waals surface area contributed by atoms with E-state index in [-0.39, 0.29) is 0 Å². The van der Waals surface area contributed by atoms with Crippen molar-refractivity contribution < 1.29 is 4.84 Å². The smallest absolute Gasteiger partial charge is 0.147 e. The number of hydrogen-bond donors (Lipinski definition) is 2. The molecule has 3 rings (SSSR count). The molecular weight excluding hydrogens is 228 g/mol. The SMILES string of the molecule is CCC(C)C1=CN(c2ccnc3[nH]ccc23)NO1. The molecule has 0 fully saturated rings. The van der Waals surface area contributed by atoms with Gasteiger partial charge in [-0.1, -0.05) is 19.4 Å². The molecule has 2 N–H and O–H groups in total. The minimum Gasteiger partial charge on any atom is -0.391 e. The fourth-order valence-corrected chi connectivity index (χ4v) is 1.99. The first-order valence-corrected chi connectivity index (χ1v) is 6.15. The predicted molar refractivity (Wildman–Crippen MR) is 70.3 cm³/mol. The second-order valence-electron chi connectivity index (χ2n) is 4.47. The summed E-state index contributed by atoms with van der Waals surface area (Å²) in [6.45, 7) is 4.30. The molecule has 0 saturated carbocycles. The van der Waals surface area contributed by atoms with E-state index in [1.54, 1.807) is 6.20 Å². The number of rotatable bonds is 3. The van der Waals surface area contributed by atoms with Crippen molar-refractivity contribution in [2.24, 2.45) is 5.92 Å². The van der Waals surface area contributed by atoms with Crippen molar-refractivity contribution in [3.8, 4) is 0 Å². The molecule has 94 valence electrons. The molecular formula is C13H16N4O. The Labute approximate surface area is 105 Å². The van der Waals surface area contributed by atoms with Crippen LogP contribution in [0.2, 0.25) is 0 Å². The van der Waals surface area contributed by atoms with Crippen LogP contribution in [-0.2, 0) is 4.84 Å². The van der Waals surface area contributed by atoms with E-state index in [0.29, 0.717) is 5.92 Å². The van der Waals surface area contributed by atoms with E-state index in [0.717, 1.165) is 28.9 Å². The maximum Gasteiger partial charge on any atom is 0.147 e. The normalized spacial score (nSPS) is 16.8. The summed E-state index contributed by atoms with van der Waals surface area (Å²) in [5.74, 6) is 1.36. The van der Waals surface area contributed by atoms with Crippen LogP contribution in [0.1, 0.15) is 20.3 Å². The van der Waals surface area contributed by atoms with Crippen LogP contribution < -0.4 is 10.6 Å². The van der Waals surface area contributed by atoms with Crippen molar-refractivity contribution >= 4 is 16.7 Å². The van der Waals surface area contributed by atoms with E-state index in [2.05, 4.69) is 29.4 Å². The minimum absolute atomic E-state index is 0.408. The van der Waals surface area contributed by atoms with E-state index in [4.69, 9.17) is 4.84 Å². The van der Waals surface area contributed by atoms with Gasteiger partial charge in [-0.2, -0.15) is 0 Å². The summed E-state index contributed by atoms with van der Waals surface area (Å²) in [6, 6.07) is 3.97. The van der Waals surface area contributed by atoms with Crippen molar-refractivity contribution in [3.63, 3.8) is 0 Å². The Morgan fingerprint density at radius 3 is 3.17 bits per heavy atom. The lowest BCUT2D eigenvalue weighted by Gasteiger charge is -2.14. The largest absolute Gasteiger partial charge is 0.391 e. The highest BCUT2D eigenvalue weighted by Gasteiger charge is 2.20. The highest BCUT2D eigenvalue weighted by molar-refractivity contribution is 5.89. The van der Waals surface area contributed by atoms with Gasteiger partial charge in [0.1, 0.15) is 11.4 Å². The van der Waals surface area contributed by atoms with E-state index in [1.807, 2.05) is 29.5 Å². The van der Waals surface area contributed by atoms with Gasteiger partial charge in [0, 0.05) is 23.7 Å². The highest BCUT2D eigenvalue weighted by Crippen LogP contribution is 2.28. The van der Waals surface area contributed by atoms with Crippen molar-refractivity contribution in [1.29, 1.82) is 0 Å². The summed E-state index contributed by atoms with van der Waals surface area (Å²) in [6.07, 6.45) is 6.72. The summed E-state index contributed by atoms with van der Waals surface area (Å²) < 4.78 is 0. The zero-order chi connectivity index (χ0) is 12.5. The van der Waals surface area contributed by atoms with Gasteiger partial charge in [0.05, 0.1) is 11.9 Å². The van der Waals surface area contributed by atoms with Crippen LogP contribution >= 0.6 is 0 Å². The van der Waals surface area contributed by atoms with E-state index < -0.39 is 0 Å². The topological polar surface area (TPSA) is 53.2 Å². The molecule has 2 aromatic heterocycles. The van der Waals surface area contributed by atoms with E-state index in [1.165, 1.54) is 0 Å². The van der Waals surface area contributed by atoms with Crippen LogP contribution in [0, 0.1) is 5.92 Å². The van der Waals surface area contributed by atoms with E-state index >= 15 is 0 Å². The van der Waals surface area contributed by atoms with Gasteiger partial charge in [-0.15, -0.1) is 0 Å². The summed E-state index contributed by atoms with van der Waals surface area (Å²) in [5.41, 5.74) is 4.82. The molecule has 1 unspecified atom stereocenters. The lowest BCUT2D eigenvalue weighted by Crippen LogP contribution is -2.27. The van der Waals surface area contributed by atoms with Crippen LogP contribution in [0.25, 0.3) is 11.0 Å². The van der Waals surface area contributed by atoms with Crippen molar-refractivity contribution in [1.82, 2.24) is 15.6 Å². The molecule has 5 heteroatoms. The number of pyridine rings is 1. The number of H-pyrrole nitrogens is 1. The lowest BCUT2D eigenvalue weighted by atomic mass is 10.1. The first-order valence-electron chi connectivity index (χ1n) is 6.15. The minimum atomic E-state index is 0.408. The molecule has 1 aliphatic rings. The van der Waals surface area contributed by atoms with Gasteiger partial charge in [-0.25, -0.2) is 9.99 Å². The number of fused-ring (bicyclic) bond motifs is 1. The number of aromatic nitrogens is 2. The molecule has 0 spiro atoms. The van der Waals surface area contributed by atoms with Crippen LogP contribution in [-0.4, -0.2) is 9.97 Å². The van der Waals surface area contributed by atoms with Crippen molar-refractivity contribution in [2.45, 2.75) is 20.3 Å². The average Bonchev–Trinajstić information content (AvgIpc) is 3.05. The fourth-order valence-electron chi connectivity index (χ4n) is 1.99. The number of hydrazine groups is 1. The quantitative estimate of drug-likeness (QED) is 0.871. The van der Waals surface area contributed by atoms with Gasteiger partial charge < -0.3 is 9.82 Å². The molecule has 0 aliphatic carbocycles. The lowest BCUT2D eigenvalue weighted by molar-refractivity contribution is 0.109. The Kier molecular flexibility index (Phi) is 2.68. The molecule has 18 heavy (non-hydrogen) atoms. The summed E-state index contributed by atoms with van der Waals surface area (Å²) in [4.78, 5) is 12.9. The number of aromatic amines is 1. The Bertz CT molecular complexity index is 589. The third-order valence-corrected chi connectivity index (χ3v) is 3.31. The molecule has 1 aliphatic heterocycles. The molecule has 0 amide bonds. The monoisotopic (exact) mass is 244 g/mol. The third kappa shape index (κ3) is 1.73. The Morgan fingerprint density at radius 1 is 1.44 bits per heavy atom. The number of nitrogens with zero attached hydrogens (tertiary/aromatic N) is 2. The first-order chi connectivity index (χ1) is 8.79. The Hall–Kier alpha value is -2.01. The fraction of sp³-hybridized carbons (Fsp3) is 0.308. The summed E-state index contributed by atoms with van der Waals surface area (Å²) >= 11 is 0. The molecule has 1 atom stereocenters. The molecule has 5 nitrogen and oxygen atoms in total. The highest BCUT2D eigenvalue weighted by atomic mass is 16.7. The third-order valence-electron chi connectivity index (χ3n) is 3.31. The second kappa shape index (κ2) is 4.34. The van der Waals surface area contributed by atoms with Gasteiger partial charge in [0.15, 0.2) is 0 Å². The van der Waals surface area contributed by atoms with E-state index in [9.17, 15) is 0 Å². The number of allylic oxidation sites excluding steroid dienone is 1. The zero-order valence-electron chi connectivity index (χ0n) is 10.5. The Morgan fingerprint density at radius 2 is 2.33 bits per heavy atom. The second-order valence-corrected chi connectivity index (χ2v) is 4.47. The maximum atomic E-state index is 5.50. The number of hydrogen-bond acceptors (Lipinski definition) is 4. The molecule has 2 aromatic rings. The Balaban J connectivity index is 1.97. The molecule has 0 bridgehead atoms. The van der Waals surface area contributed by atoms with Gasteiger partial charge in [-0.3, -0.25) is 0 Å². The van der Waals surface area contributed by atoms with Crippen LogP contribution in [0.15, 0.2) is 36.5 Å².